The average Bonchev–Trinajstić information content (AvgIpc) is 2.91. The monoisotopic (exact) mass is 303 g/mol. The van der Waals surface area contributed by atoms with Gasteiger partial charge in [0.25, 0.3) is 5.69 Å². The molecular formula is C17H25N3O2. The van der Waals surface area contributed by atoms with Crippen molar-refractivity contribution in [2.24, 2.45) is 0 Å². The van der Waals surface area contributed by atoms with Crippen LogP contribution >= 0.6 is 0 Å². The molecule has 0 saturated carbocycles. The first-order valence-electron chi connectivity index (χ1n) is 8.43. The summed E-state index contributed by atoms with van der Waals surface area (Å²) in [4.78, 5) is 13.7. The molecule has 22 heavy (non-hydrogen) atoms. The Labute approximate surface area is 131 Å². The first kappa shape index (κ1) is 15.3. The van der Waals surface area contributed by atoms with Crippen LogP contribution in [0.1, 0.15) is 50.2 Å². The molecule has 0 bridgehead atoms. The van der Waals surface area contributed by atoms with Crippen LogP contribution in [0.5, 0.6) is 0 Å². The van der Waals surface area contributed by atoms with Crippen LogP contribution in [0.3, 0.4) is 0 Å². The van der Waals surface area contributed by atoms with Gasteiger partial charge in [-0.1, -0.05) is 13.8 Å². The van der Waals surface area contributed by atoms with Crippen LogP contribution in [-0.2, 0) is 6.42 Å². The van der Waals surface area contributed by atoms with Crippen LogP contribution in [0.4, 0.5) is 11.4 Å². The summed E-state index contributed by atoms with van der Waals surface area (Å²) in [6.45, 7) is 7.50. The smallest absolute Gasteiger partial charge is 0.273 e. The average molecular weight is 303 g/mol. The van der Waals surface area contributed by atoms with E-state index in [9.17, 15) is 10.1 Å². The van der Waals surface area contributed by atoms with E-state index in [1.807, 2.05) is 6.07 Å². The third kappa shape index (κ3) is 2.58. The molecule has 5 nitrogen and oxygen atoms in total. The van der Waals surface area contributed by atoms with Crippen molar-refractivity contribution in [1.82, 2.24) is 4.90 Å². The Bertz CT molecular complexity index is 567. The highest BCUT2D eigenvalue weighted by Crippen LogP contribution is 2.45. The van der Waals surface area contributed by atoms with E-state index < -0.39 is 0 Å². The Balaban J connectivity index is 1.95. The second kappa shape index (κ2) is 6.24. The summed E-state index contributed by atoms with van der Waals surface area (Å²) >= 11 is 0. The van der Waals surface area contributed by atoms with Crippen molar-refractivity contribution in [3.05, 3.63) is 33.4 Å². The van der Waals surface area contributed by atoms with E-state index in [0.717, 1.165) is 56.6 Å². The number of rotatable bonds is 6. The van der Waals surface area contributed by atoms with Gasteiger partial charge in [-0.25, -0.2) is 0 Å². The number of benzene rings is 1. The quantitative estimate of drug-likeness (QED) is 0.645. The van der Waals surface area contributed by atoms with Gasteiger partial charge >= 0.3 is 0 Å². The van der Waals surface area contributed by atoms with Gasteiger partial charge < -0.3 is 10.2 Å². The molecule has 0 radical (unpaired) electrons. The van der Waals surface area contributed by atoms with Crippen molar-refractivity contribution >= 4 is 11.4 Å². The standard InChI is InChI=1S/C17H25N3O2/c1-3-7-19(8-4-2)13-9-12-11-18-15-5-6-16(20(21)22)14(10-13)17(12)15/h5-6,12-13,18H,3-4,7-11H2,1-2H3. The minimum absolute atomic E-state index is 0.211. The zero-order valence-electron chi connectivity index (χ0n) is 13.5. The van der Waals surface area contributed by atoms with Crippen LogP contribution in [-0.4, -0.2) is 35.5 Å². The van der Waals surface area contributed by atoms with Crippen molar-refractivity contribution in [3.63, 3.8) is 0 Å². The highest BCUT2D eigenvalue weighted by atomic mass is 16.6. The number of hydrogen-bond donors (Lipinski definition) is 1. The molecule has 2 aliphatic rings. The zero-order valence-corrected chi connectivity index (χ0v) is 13.5. The number of nitrogens with one attached hydrogen (secondary N) is 1. The number of nitro benzene ring substituents is 1. The topological polar surface area (TPSA) is 58.4 Å². The Morgan fingerprint density at radius 1 is 1.32 bits per heavy atom. The number of nitro groups is 1. The molecule has 1 aromatic carbocycles. The molecule has 0 spiro atoms. The minimum atomic E-state index is -0.211. The van der Waals surface area contributed by atoms with Crippen LogP contribution < -0.4 is 5.32 Å². The van der Waals surface area contributed by atoms with E-state index in [1.165, 1.54) is 5.56 Å². The maximum Gasteiger partial charge on any atom is 0.273 e. The normalized spacial score (nSPS) is 22.5. The summed E-state index contributed by atoms with van der Waals surface area (Å²) in [7, 11) is 0. The van der Waals surface area contributed by atoms with Gasteiger partial charge in [0.05, 0.1) is 4.92 Å². The Kier molecular flexibility index (Phi) is 4.34. The fourth-order valence-corrected chi connectivity index (χ4v) is 4.17. The summed E-state index contributed by atoms with van der Waals surface area (Å²) in [5.74, 6) is 0.430. The van der Waals surface area contributed by atoms with E-state index >= 15 is 0 Å². The van der Waals surface area contributed by atoms with Crippen LogP contribution in [0.15, 0.2) is 12.1 Å². The van der Waals surface area contributed by atoms with Gasteiger partial charge in [0.1, 0.15) is 0 Å². The molecule has 1 aliphatic carbocycles. The van der Waals surface area contributed by atoms with E-state index in [1.54, 1.807) is 6.07 Å². The molecule has 0 amide bonds. The summed E-state index contributed by atoms with van der Waals surface area (Å²) < 4.78 is 0. The lowest BCUT2D eigenvalue weighted by atomic mass is 9.79. The van der Waals surface area contributed by atoms with Crippen LogP contribution in [0, 0.1) is 10.1 Å². The second-order valence-corrected chi connectivity index (χ2v) is 6.49. The molecule has 3 rings (SSSR count). The van der Waals surface area contributed by atoms with Crippen molar-refractivity contribution < 1.29 is 4.92 Å². The third-order valence-corrected chi connectivity index (χ3v) is 5.01. The lowest BCUT2D eigenvalue weighted by Gasteiger charge is -2.36. The maximum atomic E-state index is 11.4. The van der Waals surface area contributed by atoms with E-state index in [0.29, 0.717) is 17.6 Å². The molecule has 1 aliphatic heterocycles. The van der Waals surface area contributed by atoms with Gasteiger partial charge in [0, 0.05) is 35.8 Å². The van der Waals surface area contributed by atoms with Crippen molar-refractivity contribution in [2.75, 3.05) is 25.0 Å². The second-order valence-electron chi connectivity index (χ2n) is 6.49. The summed E-state index contributed by atoms with van der Waals surface area (Å²) in [6, 6.07) is 3.99. The molecular weight excluding hydrogens is 278 g/mol. The fourth-order valence-electron chi connectivity index (χ4n) is 4.17. The lowest BCUT2D eigenvalue weighted by Crippen LogP contribution is -2.41. The SMILES string of the molecule is CCCN(CCC)C1Cc2c([N+](=O)[O-])ccc3c2C(CN3)C1. The first-order valence-corrected chi connectivity index (χ1v) is 8.43. The molecule has 5 heteroatoms. The van der Waals surface area contributed by atoms with E-state index in [-0.39, 0.29) is 4.92 Å². The summed E-state index contributed by atoms with van der Waals surface area (Å²) in [5.41, 5.74) is 3.62. The Morgan fingerprint density at radius 2 is 2.05 bits per heavy atom. The summed E-state index contributed by atoms with van der Waals surface area (Å²) in [6.07, 6.45) is 4.20. The van der Waals surface area contributed by atoms with Gasteiger partial charge in [0.15, 0.2) is 0 Å². The molecule has 2 unspecified atom stereocenters. The molecule has 120 valence electrons. The Hall–Kier alpha value is -1.62. The molecule has 1 aromatic rings. The molecule has 0 saturated heterocycles. The predicted octanol–water partition coefficient (Wildman–Crippen LogP) is 3.54. The largest absolute Gasteiger partial charge is 0.384 e. The molecule has 1 N–H and O–H groups in total. The van der Waals surface area contributed by atoms with E-state index in [2.05, 4.69) is 24.1 Å². The predicted molar refractivity (Wildman–Crippen MR) is 88.6 cm³/mol. The molecule has 1 heterocycles. The van der Waals surface area contributed by atoms with Gasteiger partial charge in [-0.3, -0.25) is 10.1 Å². The van der Waals surface area contributed by atoms with Crippen LogP contribution in [0.25, 0.3) is 0 Å². The van der Waals surface area contributed by atoms with Gasteiger partial charge in [0.2, 0.25) is 0 Å². The van der Waals surface area contributed by atoms with E-state index in [4.69, 9.17) is 0 Å². The fraction of sp³-hybridized carbons (Fsp3) is 0.647. The molecule has 0 fully saturated rings. The highest BCUT2D eigenvalue weighted by molar-refractivity contribution is 5.67. The summed E-state index contributed by atoms with van der Waals surface area (Å²) in [5, 5.41) is 14.8. The van der Waals surface area contributed by atoms with Crippen molar-refractivity contribution in [3.8, 4) is 0 Å². The van der Waals surface area contributed by atoms with Crippen molar-refractivity contribution in [2.45, 2.75) is 51.5 Å². The highest BCUT2D eigenvalue weighted by Gasteiger charge is 2.38. The third-order valence-electron chi connectivity index (χ3n) is 5.01. The number of nitrogens with zero attached hydrogens (tertiary/aromatic N) is 2. The molecule has 0 aromatic heterocycles. The lowest BCUT2D eigenvalue weighted by molar-refractivity contribution is -0.385. The number of anilines is 1. The van der Waals surface area contributed by atoms with Crippen LogP contribution in [0.2, 0.25) is 0 Å². The maximum absolute atomic E-state index is 11.4. The minimum Gasteiger partial charge on any atom is -0.384 e. The van der Waals surface area contributed by atoms with Gasteiger partial charge in [-0.05, 0) is 50.4 Å². The van der Waals surface area contributed by atoms with Crippen molar-refractivity contribution in [1.29, 1.82) is 0 Å². The Morgan fingerprint density at radius 3 is 2.68 bits per heavy atom. The van der Waals surface area contributed by atoms with Gasteiger partial charge in [-0.15, -0.1) is 0 Å². The first-order chi connectivity index (χ1) is 10.7. The van der Waals surface area contributed by atoms with Gasteiger partial charge in [-0.2, -0.15) is 0 Å². The molecule has 2 atom stereocenters. The number of hydrogen-bond acceptors (Lipinski definition) is 4. The zero-order chi connectivity index (χ0) is 15.7.